The number of benzene rings is 2. The number of aromatic nitrogens is 3. The normalized spacial score (nSPS) is 14.6. The van der Waals surface area contributed by atoms with Crippen LogP contribution in [0.3, 0.4) is 0 Å². The van der Waals surface area contributed by atoms with Gasteiger partial charge in [-0.05, 0) is 48.5 Å². The van der Waals surface area contributed by atoms with Crippen LogP contribution in [-0.2, 0) is 11.2 Å². The lowest BCUT2D eigenvalue weighted by Crippen LogP contribution is -2.29. The van der Waals surface area contributed by atoms with Gasteiger partial charge in [0, 0.05) is 32.8 Å². The molecule has 0 saturated heterocycles. The molecule has 6 heterocycles. The first-order chi connectivity index (χ1) is 20.9. The number of carboxylic acids is 2. The van der Waals surface area contributed by atoms with Crippen molar-refractivity contribution < 1.29 is 28.6 Å². The molecule has 0 saturated carbocycles. The van der Waals surface area contributed by atoms with Gasteiger partial charge in [-0.2, -0.15) is 0 Å². The number of H-pyrrole nitrogens is 2. The Hall–Kier alpha value is -6.03. The fourth-order valence-corrected chi connectivity index (χ4v) is 5.87. The van der Waals surface area contributed by atoms with Crippen LogP contribution in [0.1, 0.15) is 45.1 Å². The standard InChI is InChI=1S/C33H22N4O6/c38-32(39)24-14-20-18-5-1-3-7-22(18)34-28(20)30(36-24)26-11-9-16(42-26)13-17-10-12-27(43-17)31-29-21(15-25(37-31)33(40)41)19-6-2-4-8-23(19)35-29/h1-12,14-15,30,34-36H,13H2,(H,38,39)(H,40,41). The summed E-state index contributed by atoms with van der Waals surface area (Å²) in [7, 11) is 0. The quantitative estimate of drug-likeness (QED) is 0.152. The van der Waals surface area contributed by atoms with Gasteiger partial charge in [-0.25, -0.2) is 14.6 Å². The third-order valence-corrected chi connectivity index (χ3v) is 7.81. The van der Waals surface area contributed by atoms with Crippen LogP contribution in [0.2, 0.25) is 0 Å². The highest BCUT2D eigenvalue weighted by Crippen LogP contribution is 2.37. The number of para-hydroxylation sites is 2. The highest BCUT2D eigenvalue weighted by Gasteiger charge is 2.30. The second-order valence-corrected chi connectivity index (χ2v) is 10.4. The number of aliphatic carboxylic acids is 1. The third kappa shape index (κ3) is 3.99. The first-order valence-corrected chi connectivity index (χ1v) is 13.6. The topological polar surface area (TPSA) is 157 Å². The van der Waals surface area contributed by atoms with Crippen LogP contribution in [0.5, 0.6) is 0 Å². The highest BCUT2D eigenvalue weighted by molar-refractivity contribution is 6.12. The Morgan fingerprint density at radius 1 is 0.791 bits per heavy atom. The number of pyridine rings is 1. The number of carbonyl (C=O) groups is 2. The summed E-state index contributed by atoms with van der Waals surface area (Å²) in [5, 5.41) is 25.2. The zero-order valence-electron chi connectivity index (χ0n) is 22.3. The first-order valence-electron chi connectivity index (χ1n) is 13.6. The number of rotatable bonds is 6. The molecule has 10 heteroatoms. The van der Waals surface area contributed by atoms with Gasteiger partial charge in [0.05, 0.1) is 17.6 Å². The predicted molar refractivity (Wildman–Crippen MR) is 159 cm³/mol. The van der Waals surface area contributed by atoms with Gasteiger partial charge in [0.1, 0.15) is 40.4 Å². The van der Waals surface area contributed by atoms with E-state index in [1.165, 1.54) is 0 Å². The molecule has 210 valence electrons. The summed E-state index contributed by atoms with van der Waals surface area (Å²) >= 11 is 0. The number of fused-ring (bicyclic) bond motifs is 6. The van der Waals surface area contributed by atoms with Crippen LogP contribution in [0.15, 0.2) is 93.4 Å². The van der Waals surface area contributed by atoms with Crippen molar-refractivity contribution in [2.75, 3.05) is 0 Å². The molecule has 0 radical (unpaired) electrons. The van der Waals surface area contributed by atoms with E-state index in [9.17, 15) is 19.8 Å². The van der Waals surface area contributed by atoms with E-state index in [4.69, 9.17) is 8.83 Å². The summed E-state index contributed by atoms with van der Waals surface area (Å²) in [6.07, 6.45) is 1.96. The largest absolute Gasteiger partial charge is 0.477 e. The molecule has 8 rings (SSSR count). The number of hydrogen-bond donors (Lipinski definition) is 5. The molecule has 1 aliphatic heterocycles. The highest BCUT2D eigenvalue weighted by atomic mass is 16.4. The van der Waals surface area contributed by atoms with E-state index in [1.54, 1.807) is 24.3 Å². The Morgan fingerprint density at radius 3 is 2.30 bits per heavy atom. The molecule has 0 fully saturated rings. The molecule has 5 N–H and O–H groups in total. The Kier molecular flexibility index (Phi) is 5.32. The monoisotopic (exact) mass is 570 g/mol. The van der Waals surface area contributed by atoms with E-state index in [0.717, 1.165) is 38.4 Å². The molecule has 1 atom stereocenters. The fraction of sp³-hybridized carbons (Fsp3) is 0.0606. The molecule has 0 aliphatic carbocycles. The minimum atomic E-state index is -1.13. The Bertz CT molecular complexity index is 2280. The number of carboxylic acid groups (broad SMARTS) is 2. The summed E-state index contributed by atoms with van der Waals surface area (Å²) in [5.74, 6) is 0.00651. The van der Waals surface area contributed by atoms with Crippen molar-refractivity contribution in [2.45, 2.75) is 12.5 Å². The second-order valence-electron chi connectivity index (χ2n) is 10.4. The fourth-order valence-electron chi connectivity index (χ4n) is 5.87. The predicted octanol–water partition coefficient (Wildman–Crippen LogP) is 6.46. The zero-order valence-corrected chi connectivity index (χ0v) is 22.3. The van der Waals surface area contributed by atoms with Gasteiger partial charge in [0.2, 0.25) is 0 Å². The maximum absolute atomic E-state index is 11.9. The third-order valence-electron chi connectivity index (χ3n) is 7.81. The van der Waals surface area contributed by atoms with Gasteiger partial charge in [0.25, 0.3) is 0 Å². The molecule has 1 aliphatic rings. The number of aromatic amines is 2. The lowest BCUT2D eigenvalue weighted by atomic mass is 9.99. The molecule has 0 bridgehead atoms. The van der Waals surface area contributed by atoms with E-state index >= 15 is 0 Å². The van der Waals surface area contributed by atoms with Crippen LogP contribution in [0.4, 0.5) is 0 Å². The van der Waals surface area contributed by atoms with E-state index in [-0.39, 0.29) is 11.4 Å². The van der Waals surface area contributed by atoms with Gasteiger partial charge < -0.3 is 34.3 Å². The van der Waals surface area contributed by atoms with Crippen molar-refractivity contribution in [2.24, 2.45) is 0 Å². The van der Waals surface area contributed by atoms with Crippen molar-refractivity contribution in [1.29, 1.82) is 0 Å². The summed E-state index contributed by atoms with van der Waals surface area (Å²) in [4.78, 5) is 35.0. The number of nitrogens with one attached hydrogen (secondary N) is 3. The summed E-state index contributed by atoms with van der Waals surface area (Å²) in [6.45, 7) is 0. The number of hydrogen-bond acceptors (Lipinski definition) is 6. The summed E-state index contributed by atoms with van der Waals surface area (Å²) in [5.41, 5.74) is 4.50. The Balaban J connectivity index is 1.13. The zero-order chi connectivity index (χ0) is 29.2. The van der Waals surface area contributed by atoms with E-state index in [0.29, 0.717) is 40.7 Å². The van der Waals surface area contributed by atoms with Gasteiger partial charge >= 0.3 is 11.9 Å². The van der Waals surface area contributed by atoms with Crippen LogP contribution in [0, 0.1) is 0 Å². The van der Waals surface area contributed by atoms with Crippen molar-refractivity contribution in [3.8, 4) is 11.5 Å². The van der Waals surface area contributed by atoms with E-state index in [2.05, 4.69) is 20.3 Å². The molecule has 2 aromatic carbocycles. The van der Waals surface area contributed by atoms with E-state index < -0.39 is 18.0 Å². The van der Waals surface area contributed by atoms with Crippen LogP contribution >= 0.6 is 0 Å². The van der Waals surface area contributed by atoms with Gasteiger partial charge in [-0.3, -0.25) is 0 Å². The van der Waals surface area contributed by atoms with Crippen LogP contribution in [0.25, 0.3) is 50.2 Å². The number of aromatic carboxylic acids is 1. The molecule has 5 aromatic heterocycles. The molecule has 0 amide bonds. The van der Waals surface area contributed by atoms with Crippen molar-refractivity contribution in [1.82, 2.24) is 20.3 Å². The maximum Gasteiger partial charge on any atom is 0.354 e. The van der Waals surface area contributed by atoms with Crippen LogP contribution in [-0.4, -0.2) is 37.1 Å². The Labute approximate surface area is 242 Å². The SMILES string of the molecule is O=C(O)C1=Cc2c([nH]c3ccccc23)C(c2ccc(Cc3ccc(-c4nc(C(=O)O)cc5c4[nH]c4ccccc45)o3)o2)N1. The molecule has 10 nitrogen and oxygen atoms in total. The second kappa shape index (κ2) is 9.25. The summed E-state index contributed by atoms with van der Waals surface area (Å²) < 4.78 is 12.4. The molecular weight excluding hydrogens is 548 g/mol. The molecule has 43 heavy (non-hydrogen) atoms. The lowest BCUT2D eigenvalue weighted by molar-refractivity contribution is -0.133. The van der Waals surface area contributed by atoms with Gasteiger partial charge in [-0.1, -0.05) is 36.4 Å². The minimum Gasteiger partial charge on any atom is -0.477 e. The van der Waals surface area contributed by atoms with Crippen molar-refractivity contribution in [3.63, 3.8) is 0 Å². The van der Waals surface area contributed by atoms with Gasteiger partial charge in [0.15, 0.2) is 5.76 Å². The first kappa shape index (κ1) is 24.7. The lowest BCUT2D eigenvalue weighted by Gasteiger charge is -2.22. The van der Waals surface area contributed by atoms with Crippen molar-refractivity contribution in [3.05, 3.63) is 119 Å². The van der Waals surface area contributed by atoms with Crippen LogP contribution < -0.4 is 5.32 Å². The smallest absolute Gasteiger partial charge is 0.354 e. The van der Waals surface area contributed by atoms with Gasteiger partial charge in [-0.15, -0.1) is 0 Å². The van der Waals surface area contributed by atoms with E-state index in [1.807, 2.05) is 60.7 Å². The molecule has 0 spiro atoms. The summed E-state index contributed by atoms with van der Waals surface area (Å²) in [6, 6.07) is 23.7. The number of furan rings is 2. The molecule has 1 unspecified atom stereocenters. The minimum absolute atomic E-state index is 0.0769. The molecular formula is C33H22N4O6. The average molecular weight is 571 g/mol. The average Bonchev–Trinajstić information content (AvgIpc) is 3.81. The Morgan fingerprint density at radius 2 is 1.51 bits per heavy atom. The maximum atomic E-state index is 11.9. The number of nitrogens with zero attached hydrogens (tertiary/aromatic N) is 1. The van der Waals surface area contributed by atoms with Crippen molar-refractivity contribution >= 4 is 50.7 Å². The molecule has 7 aromatic rings.